The van der Waals surface area contributed by atoms with Gasteiger partial charge in [-0.1, -0.05) is 24.6 Å². The number of hydrogen-bond acceptors (Lipinski definition) is 2. The van der Waals surface area contributed by atoms with Crippen LogP contribution >= 0.6 is 11.6 Å². The third-order valence-corrected chi connectivity index (χ3v) is 2.89. The summed E-state index contributed by atoms with van der Waals surface area (Å²) in [4.78, 5) is 11.6. The molecule has 0 bridgehead atoms. The number of hydrogen-bond donors (Lipinski definition) is 2. The summed E-state index contributed by atoms with van der Waals surface area (Å²) in [5, 5.41) is 3.49. The molecular formula is C12H17ClN2O. The average molecular weight is 241 g/mol. The Morgan fingerprint density at radius 2 is 2.25 bits per heavy atom. The molecule has 1 rings (SSSR count). The van der Waals surface area contributed by atoms with E-state index in [2.05, 4.69) is 5.32 Å². The van der Waals surface area contributed by atoms with Crippen molar-refractivity contribution < 1.29 is 4.79 Å². The van der Waals surface area contributed by atoms with E-state index in [9.17, 15) is 4.79 Å². The standard InChI is InChI=1S/C12H17ClN2O/c1-8(7-14)6-12(16)15-11-5-3-4-10(13)9(11)2/h3-5,8H,6-7,14H2,1-2H3,(H,15,16). The van der Waals surface area contributed by atoms with E-state index in [0.29, 0.717) is 18.0 Å². The van der Waals surface area contributed by atoms with Gasteiger partial charge in [0.25, 0.3) is 0 Å². The van der Waals surface area contributed by atoms with Crippen LogP contribution in [0.2, 0.25) is 5.02 Å². The van der Waals surface area contributed by atoms with Gasteiger partial charge in [-0.15, -0.1) is 0 Å². The fourth-order valence-corrected chi connectivity index (χ4v) is 1.52. The molecule has 0 heterocycles. The van der Waals surface area contributed by atoms with E-state index in [-0.39, 0.29) is 11.8 Å². The maximum absolute atomic E-state index is 11.6. The SMILES string of the molecule is Cc1c(Cl)cccc1NC(=O)CC(C)CN. The summed E-state index contributed by atoms with van der Waals surface area (Å²) in [5.74, 6) is 0.169. The number of rotatable bonds is 4. The second-order valence-corrected chi connectivity index (χ2v) is 4.41. The first-order valence-electron chi connectivity index (χ1n) is 5.29. The molecule has 0 fully saturated rings. The zero-order valence-corrected chi connectivity index (χ0v) is 10.3. The lowest BCUT2D eigenvalue weighted by atomic mass is 10.1. The summed E-state index contributed by atoms with van der Waals surface area (Å²) < 4.78 is 0. The van der Waals surface area contributed by atoms with Gasteiger partial charge in [-0.25, -0.2) is 0 Å². The van der Waals surface area contributed by atoms with E-state index in [1.807, 2.05) is 26.0 Å². The number of anilines is 1. The highest BCUT2D eigenvalue weighted by Gasteiger charge is 2.09. The molecule has 1 amide bonds. The van der Waals surface area contributed by atoms with Crippen molar-refractivity contribution in [2.45, 2.75) is 20.3 Å². The number of benzene rings is 1. The molecule has 0 saturated carbocycles. The zero-order chi connectivity index (χ0) is 12.1. The predicted molar refractivity (Wildman–Crippen MR) is 67.7 cm³/mol. The molecule has 1 atom stereocenters. The Morgan fingerprint density at radius 3 is 2.88 bits per heavy atom. The first-order chi connectivity index (χ1) is 7.54. The van der Waals surface area contributed by atoms with E-state index >= 15 is 0 Å². The Hall–Kier alpha value is -1.06. The Labute approximate surface area is 101 Å². The first kappa shape index (κ1) is 13.0. The van der Waals surface area contributed by atoms with E-state index < -0.39 is 0 Å². The van der Waals surface area contributed by atoms with Gasteiger partial charge in [0.2, 0.25) is 5.91 Å². The second kappa shape index (κ2) is 5.87. The number of nitrogens with two attached hydrogens (primary N) is 1. The largest absolute Gasteiger partial charge is 0.330 e. The molecule has 1 aromatic rings. The van der Waals surface area contributed by atoms with Crippen molar-refractivity contribution in [2.75, 3.05) is 11.9 Å². The van der Waals surface area contributed by atoms with Crippen LogP contribution in [-0.2, 0) is 4.79 Å². The highest BCUT2D eigenvalue weighted by molar-refractivity contribution is 6.31. The number of amides is 1. The highest BCUT2D eigenvalue weighted by Crippen LogP contribution is 2.23. The molecule has 16 heavy (non-hydrogen) atoms. The predicted octanol–water partition coefficient (Wildman–Crippen LogP) is 2.57. The lowest BCUT2D eigenvalue weighted by molar-refractivity contribution is -0.116. The van der Waals surface area contributed by atoms with Crippen molar-refractivity contribution in [2.24, 2.45) is 11.7 Å². The van der Waals surface area contributed by atoms with Crippen LogP contribution in [0.5, 0.6) is 0 Å². The summed E-state index contributed by atoms with van der Waals surface area (Å²) in [5.41, 5.74) is 7.12. The minimum atomic E-state index is -0.0247. The molecule has 3 nitrogen and oxygen atoms in total. The molecule has 0 radical (unpaired) electrons. The highest BCUT2D eigenvalue weighted by atomic mass is 35.5. The summed E-state index contributed by atoms with van der Waals surface area (Å²) in [6.45, 7) is 4.34. The van der Waals surface area contributed by atoms with Crippen LogP contribution in [0.4, 0.5) is 5.69 Å². The van der Waals surface area contributed by atoms with Crippen LogP contribution in [0.3, 0.4) is 0 Å². The quantitative estimate of drug-likeness (QED) is 0.850. The fourth-order valence-electron chi connectivity index (χ4n) is 1.34. The van der Waals surface area contributed by atoms with Crippen molar-refractivity contribution in [3.05, 3.63) is 28.8 Å². The molecule has 1 aromatic carbocycles. The summed E-state index contributed by atoms with van der Waals surface area (Å²) in [6.07, 6.45) is 0.433. The molecule has 0 spiro atoms. The Balaban J connectivity index is 2.66. The van der Waals surface area contributed by atoms with E-state index in [1.165, 1.54) is 0 Å². The van der Waals surface area contributed by atoms with Crippen molar-refractivity contribution in [3.8, 4) is 0 Å². The molecule has 0 saturated heterocycles. The van der Waals surface area contributed by atoms with Crippen LogP contribution in [0.15, 0.2) is 18.2 Å². The minimum absolute atomic E-state index is 0.0247. The zero-order valence-electron chi connectivity index (χ0n) is 9.59. The van der Waals surface area contributed by atoms with Crippen LogP contribution in [0, 0.1) is 12.8 Å². The Morgan fingerprint density at radius 1 is 1.56 bits per heavy atom. The molecule has 4 heteroatoms. The Kier molecular flexibility index (Phi) is 4.77. The molecule has 0 aliphatic heterocycles. The van der Waals surface area contributed by atoms with Crippen molar-refractivity contribution in [1.29, 1.82) is 0 Å². The fraction of sp³-hybridized carbons (Fsp3) is 0.417. The smallest absolute Gasteiger partial charge is 0.224 e. The van der Waals surface area contributed by atoms with Gasteiger partial charge in [0.05, 0.1) is 0 Å². The Bertz CT molecular complexity index is 379. The van der Waals surface area contributed by atoms with Gasteiger partial charge in [0.15, 0.2) is 0 Å². The second-order valence-electron chi connectivity index (χ2n) is 4.01. The third-order valence-electron chi connectivity index (χ3n) is 2.48. The van der Waals surface area contributed by atoms with Gasteiger partial charge in [-0.05, 0) is 37.1 Å². The van der Waals surface area contributed by atoms with Gasteiger partial charge >= 0.3 is 0 Å². The van der Waals surface area contributed by atoms with Crippen molar-refractivity contribution in [1.82, 2.24) is 0 Å². The van der Waals surface area contributed by atoms with Crippen LogP contribution in [0.25, 0.3) is 0 Å². The summed E-state index contributed by atoms with van der Waals surface area (Å²) in [6, 6.07) is 5.46. The molecule has 1 unspecified atom stereocenters. The van der Waals surface area contributed by atoms with Crippen LogP contribution < -0.4 is 11.1 Å². The van der Waals surface area contributed by atoms with Gasteiger partial charge in [0, 0.05) is 17.1 Å². The van der Waals surface area contributed by atoms with E-state index in [1.54, 1.807) is 6.07 Å². The van der Waals surface area contributed by atoms with E-state index in [4.69, 9.17) is 17.3 Å². The molecule has 88 valence electrons. The lowest BCUT2D eigenvalue weighted by Crippen LogP contribution is -2.20. The topological polar surface area (TPSA) is 55.1 Å². The number of carbonyl (C=O) groups excluding carboxylic acids is 1. The van der Waals surface area contributed by atoms with Gasteiger partial charge in [-0.2, -0.15) is 0 Å². The normalized spacial score (nSPS) is 12.2. The number of carbonyl (C=O) groups is 1. The average Bonchev–Trinajstić information content (AvgIpc) is 2.24. The maximum atomic E-state index is 11.6. The summed E-state index contributed by atoms with van der Waals surface area (Å²) >= 11 is 5.96. The molecular weight excluding hydrogens is 224 g/mol. The van der Waals surface area contributed by atoms with Gasteiger partial charge in [-0.3, -0.25) is 4.79 Å². The minimum Gasteiger partial charge on any atom is -0.330 e. The van der Waals surface area contributed by atoms with Crippen molar-refractivity contribution >= 4 is 23.2 Å². The maximum Gasteiger partial charge on any atom is 0.224 e. The van der Waals surface area contributed by atoms with E-state index in [0.717, 1.165) is 11.3 Å². The van der Waals surface area contributed by atoms with Gasteiger partial charge in [0.1, 0.15) is 0 Å². The summed E-state index contributed by atoms with van der Waals surface area (Å²) in [7, 11) is 0. The molecule has 3 N–H and O–H groups in total. The van der Waals surface area contributed by atoms with Gasteiger partial charge < -0.3 is 11.1 Å². The third kappa shape index (κ3) is 3.51. The van der Waals surface area contributed by atoms with Crippen LogP contribution in [-0.4, -0.2) is 12.5 Å². The first-order valence-corrected chi connectivity index (χ1v) is 5.67. The number of nitrogens with one attached hydrogen (secondary N) is 1. The monoisotopic (exact) mass is 240 g/mol. The van der Waals surface area contributed by atoms with Crippen LogP contribution in [0.1, 0.15) is 18.9 Å². The number of halogens is 1. The molecule has 0 aliphatic carbocycles. The molecule has 0 aromatic heterocycles. The lowest BCUT2D eigenvalue weighted by Gasteiger charge is -2.11. The molecule has 0 aliphatic rings. The van der Waals surface area contributed by atoms with Crippen molar-refractivity contribution in [3.63, 3.8) is 0 Å².